The van der Waals surface area contributed by atoms with Gasteiger partial charge >= 0.3 is 0 Å². The minimum atomic E-state index is -3.82. The highest BCUT2D eigenvalue weighted by Crippen LogP contribution is 2.26. The Labute approximate surface area is 273 Å². The zero-order valence-corrected chi connectivity index (χ0v) is 29.7. The average Bonchev–Trinajstić information content (AvgIpc) is 2.99. The molecule has 256 valence electrons. The number of rotatable bonds is 9. The number of hydrogen-bond donors (Lipinski definition) is 0. The van der Waals surface area contributed by atoms with Crippen molar-refractivity contribution in [2.75, 3.05) is 77.9 Å². The Balaban J connectivity index is 1.55. The van der Waals surface area contributed by atoms with Crippen LogP contribution in [-0.2, 0) is 25.0 Å². The molecule has 0 bridgehead atoms. The predicted molar refractivity (Wildman–Crippen MR) is 182 cm³/mol. The second kappa shape index (κ2) is 16.5. The average molecular weight is 668 g/mol. The van der Waals surface area contributed by atoms with Crippen molar-refractivity contribution in [2.24, 2.45) is 5.92 Å². The molecule has 0 spiro atoms. The largest absolute Gasteiger partial charge is 0.378 e. The van der Waals surface area contributed by atoms with Crippen molar-refractivity contribution in [3.63, 3.8) is 0 Å². The summed E-state index contributed by atoms with van der Waals surface area (Å²) in [4.78, 5) is 4.62. The number of benzene rings is 1. The Kier molecular flexibility index (Phi) is 13.3. The molecule has 0 atom stereocenters. The summed E-state index contributed by atoms with van der Waals surface area (Å²) in [6, 6.07) is 6.94. The first kappa shape index (κ1) is 36.3. The van der Waals surface area contributed by atoms with Crippen LogP contribution in [0.5, 0.6) is 0 Å². The predicted octanol–water partition coefficient (Wildman–Crippen LogP) is 4.41. The first-order valence-electron chi connectivity index (χ1n) is 16.9. The number of ether oxygens (including phenoxy) is 1. The van der Waals surface area contributed by atoms with E-state index >= 15 is 0 Å². The molecular formula is C33H57N5O5S2. The van der Waals surface area contributed by atoms with Crippen LogP contribution in [0.4, 0.5) is 5.69 Å². The lowest BCUT2D eigenvalue weighted by molar-refractivity contribution is -0.0173. The third-order valence-corrected chi connectivity index (χ3v) is 13.2. The third-order valence-electron chi connectivity index (χ3n) is 9.31. The van der Waals surface area contributed by atoms with Crippen LogP contribution in [0.1, 0.15) is 71.6 Å². The maximum atomic E-state index is 14.0. The van der Waals surface area contributed by atoms with Crippen molar-refractivity contribution >= 4 is 25.9 Å². The van der Waals surface area contributed by atoms with Gasteiger partial charge in [0.1, 0.15) is 0 Å². The van der Waals surface area contributed by atoms with Gasteiger partial charge < -0.3 is 14.5 Å². The first-order valence-corrected chi connectivity index (χ1v) is 19.8. The van der Waals surface area contributed by atoms with Gasteiger partial charge in [0.15, 0.2) is 0 Å². The summed E-state index contributed by atoms with van der Waals surface area (Å²) in [6.07, 6.45) is 9.25. The number of nitrogens with zero attached hydrogens (tertiary/aromatic N) is 5. The lowest BCUT2D eigenvalue weighted by Crippen LogP contribution is -2.50. The van der Waals surface area contributed by atoms with E-state index < -0.39 is 20.2 Å². The van der Waals surface area contributed by atoms with Crippen molar-refractivity contribution in [2.45, 2.75) is 88.7 Å². The summed E-state index contributed by atoms with van der Waals surface area (Å²) in [5.41, 5.74) is 1.50. The Bertz CT molecular complexity index is 1290. The minimum absolute atomic E-state index is 0.0663. The number of sulfonamides is 1. The summed E-state index contributed by atoms with van der Waals surface area (Å²) >= 11 is 0. The van der Waals surface area contributed by atoms with Crippen LogP contribution in [0.3, 0.4) is 0 Å². The highest BCUT2D eigenvalue weighted by Gasteiger charge is 2.35. The quantitative estimate of drug-likeness (QED) is 0.361. The van der Waals surface area contributed by atoms with Crippen LogP contribution in [0, 0.1) is 5.92 Å². The molecule has 3 aliphatic rings. The van der Waals surface area contributed by atoms with Crippen LogP contribution in [-0.4, -0.2) is 120 Å². The first-order chi connectivity index (χ1) is 21.4. The molecular weight excluding hydrogens is 611 g/mol. The van der Waals surface area contributed by atoms with Gasteiger partial charge in [-0.15, -0.1) is 0 Å². The normalized spacial score (nSPS) is 22.7. The van der Waals surface area contributed by atoms with Crippen LogP contribution in [0.2, 0.25) is 0 Å². The topological polar surface area (TPSA) is 93.7 Å². The summed E-state index contributed by atoms with van der Waals surface area (Å²) < 4.78 is 66.6. The smallest absolute Gasteiger partial charge is 0.282 e. The number of hydrogen-bond acceptors (Lipinski definition) is 7. The molecule has 0 unspecified atom stereocenters. The Morgan fingerprint density at radius 2 is 1.36 bits per heavy atom. The molecule has 0 aromatic heterocycles. The molecule has 4 rings (SSSR count). The maximum absolute atomic E-state index is 14.0. The molecule has 45 heavy (non-hydrogen) atoms. The molecule has 1 aromatic rings. The van der Waals surface area contributed by atoms with Gasteiger partial charge in [0.25, 0.3) is 10.2 Å². The molecule has 0 N–H and O–H groups in total. The Hall–Kier alpha value is -1.54. The number of anilines is 1. The summed E-state index contributed by atoms with van der Waals surface area (Å²) in [6.45, 7) is 12.5. The van der Waals surface area contributed by atoms with Crippen LogP contribution in [0.25, 0.3) is 0 Å². The summed E-state index contributed by atoms with van der Waals surface area (Å²) in [7, 11) is -3.74. The highest BCUT2D eigenvalue weighted by molar-refractivity contribution is 7.89. The van der Waals surface area contributed by atoms with Crippen molar-refractivity contribution in [3.05, 3.63) is 36.4 Å². The SMILES string of the molecule is C=C1CN(S(=O)(=O)c2ccc(N(C)C)cc2)CCCN(CC2CCCCC2)CCCN(S(=O)(=O)N2CCC(OC(C)C)CC2)C1. The molecule has 2 aliphatic heterocycles. The van der Waals surface area contributed by atoms with E-state index in [0.717, 1.165) is 31.7 Å². The fourth-order valence-corrected chi connectivity index (χ4v) is 10.1. The fraction of sp³-hybridized carbons (Fsp3) is 0.758. The van der Waals surface area contributed by atoms with Crippen LogP contribution in [0.15, 0.2) is 41.3 Å². The molecule has 2 saturated heterocycles. The molecule has 2 heterocycles. The zero-order chi connectivity index (χ0) is 32.6. The second-order valence-corrected chi connectivity index (χ2v) is 17.5. The fourth-order valence-electron chi connectivity index (χ4n) is 6.89. The number of piperidine rings is 1. The van der Waals surface area contributed by atoms with E-state index in [1.807, 2.05) is 45.0 Å². The Morgan fingerprint density at radius 1 is 0.778 bits per heavy atom. The molecule has 0 amide bonds. The van der Waals surface area contributed by atoms with E-state index in [4.69, 9.17) is 4.74 Å². The van der Waals surface area contributed by atoms with Crippen LogP contribution >= 0.6 is 0 Å². The maximum Gasteiger partial charge on any atom is 0.282 e. The van der Waals surface area contributed by atoms with E-state index in [0.29, 0.717) is 56.9 Å². The molecule has 1 saturated carbocycles. The Morgan fingerprint density at radius 3 is 1.93 bits per heavy atom. The highest BCUT2D eigenvalue weighted by atomic mass is 32.2. The molecule has 1 aliphatic carbocycles. The second-order valence-electron chi connectivity index (χ2n) is 13.6. The van der Waals surface area contributed by atoms with Gasteiger partial charge in [0, 0.05) is 65.6 Å². The lowest BCUT2D eigenvalue weighted by Gasteiger charge is -2.37. The molecule has 1 aromatic carbocycles. The van der Waals surface area contributed by atoms with Gasteiger partial charge in [-0.25, -0.2) is 8.42 Å². The van der Waals surface area contributed by atoms with E-state index in [-0.39, 0.29) is 30.2 Å². The molecule has 10 nitrogen and oxygen atoms in total. The standard InChI is InChI=1S/C33H57N5O5S2/c1-28(2)43-32-17-23-36(24-18-32)45(41,42)38-22-10-20-35(27-30-11-7-6-8-12-30)19-9-21-37(25-29(3)26-38)44(39,40)33-15-13-31(14-16-33)34(4)5/h13-16,28,30,32H,3,6-12,17-27H2,1-2,4-5H3. The van der Waals surface area contributed by atoms with E-state index in [2.05, 4.69) is 11.5 Å². The summed E-state index contributed by atoms with van der Waals surface area (Å²) in [5, 5.41) is 0. The van der Waals surface area contributed by atoms with Crippen LogP contribution < -0.4 is 4.90 Å². The van der Waals surface area contributed by atoms with Gasteiger partial charge in [0.2, 0.25) is 10.0 Å². The lowest BCUT2D eigenvalue weighted by atomic mass is 9.89. The van der Waals surface area contributed by atoms with Crippen molar-refractivity contribution in [1.82, 2.24) is 17.8 Å². The molecule has 3 fully saturated rings. The van der Waals surface area contributed by atoms with Gasteiger partial charge in [-0.2, -0.15) is 21.3 Å². The van der Waals surface area contributed by atoms with Gasteiger partial charge in [-0.1, -0.05) is 25.8 Å². The van der Waals surface area contributed by atoms with E-state index in [9.17, 15) is 16.8 Å². The summed E-state index contributed by atoms with van der Waals surface area (Å²) in [5.74, 6) is 0.649. The van der Waals surface area contributed by atoms with Gasteiger partial charge in [-0.05, 0) is 101 Å². The monoisotopic (exact) mass is 667 g/mol. The van der Waals surface area contributed by atoms with Crippen molar-refractivity contribution < 1.29 is 21.6 Å². The van der Waals surface area contributed by atoms with Gasteiger partial charge in [0.05, 0.1) is 17.1 Å². The zero-order valence-electron chi connectivity index (χ0n) is 28.1. The molecule has 0 radical (unpaired) electrons. The van der Waals surface area contributed by atoms with Crippen molar-refractivity contribution in [1.29, 1.82) is 0 Å². The minimum Gasteiger partial charge on any atom is -0.378 e. The van der Waals surface area contributed by atoms with E-state index in [1.54, 1.807) is 16.4 Å². The van der Waals surface area contributed by atoms with Crippen molar-refractivity contribution in [3.8, 4) is 0 Å². The third kappa shape index (κ3) is 10.2. The van der Waals surface area contributed by atoms with Gasteiger partial charge in [-0.3, -0.25) is 0 Å². The molecule has 12 heteroatoms. The van der Waals surface area contributed by atoms with E-state index in [1.165, 1.54) is 40.7 Å².